The van der Waals surface area contributed by atoms with E-state index in [1.807, 2.05) is 0 Å². The highest BCUT2D eigenvalue weighted by molar-refractivity contribution is 5.51. The molecule has 3 aliphatic heterocycles. The van der Waals surface area contributed by atoms with Crippen LogP contribution in [-0.4, -0.2) is 58.0 Å². The van der Waals surface area contributed by atoms with Crippen LogP contribution in [0.1, 0.15) is 74.9 Å². The Kier molecular flexibility index (Phi) is 8.78. The van der Waals surface area contributed by atoms with Gasteiger partial charge >= 0.3 is 0 Å². The van der Waals surface area contributed by atoms with Crippen molar-refractivity contribution in [2.45, 2.75) is 76.1 Å². The van der Waals surface area contributed by atoms with Gasteiger partial charge in [0.25, 0.3) is 0 Å². The highest BCUT2D eigenvalue weighted by atomic mass is 16.6. The maximum absolute atomic E-state index is 5.95. The van der Waals surface area contributed by atoms with E-state index in [1.165, 1.54) is 33.4 Å². The average Bonchev–Trinajstić information content (AvgIpc) is 3.94. The highest BCUT2D eigenvalue weighted by Gasteiger charge is 2.33. The lowest BCUT2D eigenvalue weighted by molar-refractivity contribution is 0.263. The fourth-order valence-corrected chi connectivity index (χ4v) is 6.17. The Labute approximate surface area is 285 Å². The third-order valence-corrected chi connectivity index (χ3v) is 10.3. The topological polar surface area (TPSA) is 65.3 Å². The molecule has 0 radical (unpaired) electrons. The minimum Gasteiger partial charge on any atom is -0.491 e. The zero-order valence-corrected chi connectivity index (χ0v) is 29.1. The van der Waals surface area contributed by atoms with E-state index in [9.17, 15) is 0 Å². The molecule has 6 heteroatoms. The summed E-state index contributed by atoms with van der Waals surface area (Å²) in [5.74, 6) is 2.61. The predicted molar refractivity (Wildman–Crippen MR) is 188 cm³/mol. The molecule has 4 aromatic rings. The lowest BCUT2D eigenvalue weighted by Gasteiger charge is -2.35. The van der Waals surface area contributed by atoms with Gasteiger partial charge in [-0.05, 0) is 69.8 Å². The molecule has 4 aromatic carbocycles. The summed E-state index contributed by atoms with van der Waals surface area (Å²) in [6.45, 7) is 18.1. The summed E-state index contributed by atoms with van der Waals surface area (Å²) in [4.78, 5) is 0. The lowest BCUT2D eigenvalue weighted by atomic mass is 9.69. The summed E-state index contributed by atoms with van der Waals surface area (Å²) in [5.41, 5.74) is 6.72. The van der Waals surface area contributed by atoms with Crippen LogP contribution in [0, 0.1) is 0 Å². The van der Waals surface area contributed by atoms with E-state index in [1.54, 1.807) is 0 Å². The molecule has 0 amide bonds. The summed E-state index contributed by atoms with van der Waals surface area (Å²) >= 11 is 0. The molecular formula is C42H48O6. The molecule has 3 unspecified atom stereocenters. The first-order valence-electron chi connectivity index (χ1n) is 17.2. The van der Waals surface area contributed by atoms with E-state index >= 15 is 0 Å². The van der Waals surface area contributed by atoms with E-state index < -0.39 is 0 Å². The third kappa shape index (κ3) is 7.41. The van der Waals surface area contributed by atoms with Gasteiger partial charge in [0.1, 0.15) is 55.4 Å². The molecule has 0 aliphatic carbocycles. The quantitative estimate of drug-likeness (QED) is 0.122. The molecule has 0 aromatic heterocycles. The highest BCUT2D eigenvalue weighted by Crippen LogP contribution is 2.42. The Bertz CT molecular complexity index is 1480. The molecule has 48 heavy (non-hydrogen) atoms. The van der Waals surface area contributed by atoms with Crippen molar-refractivity contribution in [2.75, 3.05) is 39.6 Å². The SMILES string of the molecule is CC(C)(c1ccc(OCC2CO2)cc1)c1cc(C(C)(C)c2ccc(OCC3CO3)cc2)cc(C(C)(C)c2ccc(OCC3CO3)cc2)c1. The van der Waals surface area contributed by atoms with Crippen molar-refractivity contribution in [3.8, 4) is 17.2 Å². The summed E-state index contributed by atoms with van der Waals surface area (Å²) < 4.78 is 33.8. The van der Waals surface area contributed by atoms with Crippen LogP contribution in [0.3, 0.4) is 0 Å². The van der Waals surface area contributed by atoms with Crippen molar-refractivity contribution in [1.82, 2.24) is 0 Å². The van der Waals surface area contributed by atoms with Gasteiger partial charge in [0.2, 0.25) is 0 Å². The van der Waals surface area contributed by atoms with Crippen LogP contribution in [0.4, 0.5) is 0 Å². The van der Waals surface area contributed by atoms with Crippen molar-refractivity contribution >= 4 is 0 Å². The van der Waals surface area contributed by atoms with E-state index in [0.29, 0.717) is 19.8 Å². The van der Waals surface area contributed by atoms with Crippen LogP contribution in [0.5, 0.6) is 17.2 Å². The Morgan fingerprint density at radius 2 is 0.646 bits per heavy atom. The van der Waals surface area contributed by atoms with Crippen LogP contribution in [0.25, 0.3) is 0 Å². The number of hydrogen-bond acceptors (Lipinski definition) is 6. The van der Waals surface area contributed by atoms with Gasteiger partial charge in [-0.25, -0.2) is 0 Å². The lowest BCUT2D eigenvalue weighted by Crippen LogP contribution is -2.26. The normalized spacial score (nSPS) is 20.2. The van der Waals surface area contributed by atoms with Gasteiger partial charge in [-0.15, -0.1) is 0 Å². The van der Waals surface area contributed by atoms with Crippen LogP contribution < -0.4 is 14.2 Å². The van der Waals surface area contributed by atoms with Crippen molar-refractivity contribution in [3.63, 3.8) is 0 Å². The van der Waals surface area contributed by atoms with Crippen molar-refractivity contribution in [3.05, 3.63) is 124 Å². The standard InChI is InChI=1S/C42H48O6/c1-40(2,28-7-13-34(14-8-28)43-22-37-25-46-37)31-19-32(41(3,4)29-9-15-35(16-10-29)44-23-38-26-47-38)21-33(20-31)42(5,6)30-11-17-36(18-12-30)45-24-39-27-48-39/h7-21,37-39H,22-27H2,1-6H3. The van der Waals surface area contributed by atoms with Crippen molar-refractivity contribution < 1.29 is 28.4 Å². The summed E-state index contributed by atoms with van der Waals surface area (Å²) in [7, 11) is 0. The minimum absolute atomic E-state index is 0.233. The molecule has 3 atom stereocenters. The Morgan fingerprint density at radius 1 is 0.417 bits per heavy atom. The molecule has 0 saturated carbocycles. The summed E-state index contributed by atoms with van der Waals surface area (Å²) in [5, 5.41) is 0. The van der Waals surface area contributed by atoms with Crippen molar-refractivity contribution in [1.29, 1.82) is 0 Å². The maximum atomic E-state index is 5.95. The van der Waals surface area contributed by atoms with Crippen LogP contribution in [0.2, 0.25) is 0 Å². The zero-order chi connectivity index (χ0) is 33.5. The number of hydrogen-bond donors (Lipinski definition) is 0. The molecule has 3 heterocycles. The Morgan fingerprint density at radius 3 is 0.854 bits per heavy atom. The van der Waals surface area contributed by atoms with Gasteiger partial charge in [0, 0.05) is 16.2 Å². The second-order valence-electron chi connectivity index (χ2n) is 15.0. The van der Waals surface area contributed by atoms with Gasteiger partial charge in [0.05, 0.1) is 19.8 Å². The molecule has 3 aliphatic rings. The molecular weight excluding hydrogens is 600 g/mol. The van der Waals surface area contributed by atoms with Gasteiger partial charge in [-0.1, -0.05) is 96.1 Å². The monoisotopic (exact) mass is 648 g/mol. The maximum Gasteiger partial charge on any atom is 0.119 e. The number of rotatable bonds is 15. The van der Waals surface area contributed by atoms with Gasteiger partial charge in [0.15, 0.2) is 0 Å². The largest absolute Gasteiger partial charge is 0.491 e. The molecule has 6 nitrogen and oxygen atoms in total. The summed E-state index contributed by atoms with van der Waals surface area (Å²) in [6.07, 6.45) is 0.698. The smallest absolute Gasteiger partial charge is 0.119 e. The van der Waals surface area contributed by atoms with Gasteiger partial charge in [-0.2, -0.15) is 0 Å². The molecule has 252 valence electrons. The first-order valence-corrected chi connectivity index (χ1v) is 17.2. The predicted octanol–water partition coefficient (Wildman–Crippen LogP) is 8.00. The second-order valence-corrected chi connectivity index (χ2v) is 15.0. The molecule has 3 fully saturated rings. The Balaban J connectivity index is 1.22. The van der Waals surface area contributed by atoms with E-state index in [2.05, 4.69) is 133 Å². The molecule has 0 bridgehead atoms. The number of epoxide rings is 3. The zero-order valence-electron chi connectivity index (χ0n) is 29.1. The fraction of sp³-hybridized carbons (Fsp3) is 0.429. The first-order chi connectivity index (χ1) is 23.0. The third-order valence-electron chi connectivity index (χ3n) is 10.3. The van der Waals surface area contributed by atoms with Gasteiger partial charge in [-0.3, -0.25) is 0 Å². The van der Waals surface area contributed by atoms with Crippen LogP contribution >= 0.6 is 0 Å². The first kappa shape index (κ1) is 32.7. The summed E-state index contributed by atoms with van der Waals surface area (Å²) in [6, 6.07) is 32.9. The number of ether oxygens (including phenoxy) is 6. The number of benzene rings is 4. The molecule has 7 rings (SSSR count). The Hall–Kier alpha value is -3.84. The molecule has 3 saturated heterocycles. The van der Waals surface area contributed by atoms with E-state index in [-0.39, 0.29) is 34.6 Å². The van der Waals surface area contributed by atoms with Gasteiger partial charge < -0.3 is 28.4 Å². The van der Waals surface area contributed by atoms with Crippen LogP contribution in [-0.2, 0) is 30.5 Å². The van der Waals surface area contributed by atoms with E-state index in [4.69, 9.17) is 28.4 Å². The minimum atomic E-state index is -0.264. The van der Waals surface area contributed by atoms with E-state index in [0.717, 1.165) is 37.1 Å². The average molecular weight is 649 g/mol. The second kappa shape index (κ2) is 12.9. The van der Waals surface area contributed by atoms with Crippen molar-refractivity contribution in [2.24, 2.45) is 0 Å². The molecule has 0 N–H and O–H groups in total. The fourth-order valence-electron chi connectivity index (χ4n) is 6.17. The van der Waals surface area contributed by atoms with Crippen LogP contribution in [0.15, 0.2) is 91.0 Å². The molecule has 0 spiro atoms.